The Bertz CT molecular complexity index is 3120. The van der Waals surface area contributed by atoms with Gasteiger partial charge in [0.1, 0.15) is 17.6 Å². The van der Waals surface area contributed by atoms with E-state index in [1.54, 1.807) is 56.3 Å². The van der Waals surface area contributed by atoms with Gasteiger partial charge in [-0.1, -0.05) is 110 Å². The molecule has 0 saturated heterocycles. The van der Waals surface area contributed by atoms with Gasteiger partial charge in [-0.05, 0) is 117 Å². The van der Waals surface area contributed by atoms with Gasteiger partial charge in [0.2, 0.25) is 23.6 Å². The maximum Gasteiger partial charge on any atom is 0.328 e. The van der Waals surface area contributed by atoms with E-state index in [2.05, 4.69) is 41.5 Å². The number of ether oxygens (including phenoxy) is 7. The molecule has 0 radical (unpaired) electrons. The van der Waals surface area contributed by atoms with Crippen molar-refractivity contribution in [3.63, 3.8) is 0 Å². The van der Waals surface area contributed by atoms with Crippen LogP contribution in [0.5, 0.6) is 17.5 Å². The summed E-state index contributed by atoms with van der Waals surface area (Å²) in [6, 6.07) is 9.83. The van der Waals surface area contributed by atoms with E-state index in [9.17, 15) is 43.5 Å². The Balaban J connectivity index is 0.759. The Morgan fingerprint density at radius 3 is 2.00 bits per heavy atom. The number of nitrogens with one attached hydrogen (secondary N) is 6. The molecule has 2 saturated carbocycles. The lowest BCUT2D eigenvalue weighted by atomic mass is 9.68. The Morgan fingerprint density at radius 2 is 1.35 bits per heavy atom. The third-order valence-electron chi connectivity index (χ3n) is 17.2. The van der Waals surface area contributed by atoms with Crippen LogP contribution in [0.15, 0.2) is 53.3 Å². The SMILES string of the molecule is CCCCOc1nc(N)c2[nH]c(=O)n(Cc3ccc(C(=O)NCCCOCCOCCOCCCNC(=O)CCCOc4ccc(/C=C/C(=O)NCC(=O)N[C@H](C(=O)N[C@H](CCC(=O)O)C(=O)OCCCCC(C5CCCCC5)C5CCCCC5)C(C)C)cc4OC)cc3)c2n1. The highest BCUT2D eigenvalue weighted by molar-refractivity contribution is 5.96. The first-order valence-electron chi connectivity index (χ1n) is 34.5. The number of esters is 1. The molecule has 26 heteroatoms. The van der Waals surface area contributed by atoms with Crippen LogP contribution < -0.4 is 52.2 Å². The summed E-state index contributed by atoms with van der Waals surface area (Å²) in [7, 11) is 1.48. The van der Waals surface area contributed by atoms with Gasteiger partial charge < -0.3 is 75.6 Å². The maximum absolute atomic E-state index is 13.6. The highest BCUT2D eigenvalue weighted by Gasteiger charge is 2.33. The van der Waals surface area contributed by atoms with Gasteiger partial charge >= 0.3 is 23.6 Å². The number of carbonyl (C=O) groups excluding carboxylic acids is 6. The minimum atomic E-state index is -1.22. The van der Waals surface area contributed by atoms with E-state index in [0.717, 1.165) is 43.1 Å². The zero-order valence-corrected chi connectivity index (χ0v) is 56.7. The Kier molecular flexibility index (Phi) is 34.6. The smallest absolute Gasteiger partial charge is 0.328 e. The number of aliphatic carboxylic acids is 1. The molecule has 0 aliphatic heterocycles. The van der Waals surface area contributed by atoms with Gasteiger partial charge in [-0.2, -0.15) is 9.97 Å². The second-order valence-electron chi connectivity index (χ2n) is 25.0. The van der Waals surface area contributed by atoms with Crippen LogP contribution in [0.4, 0.5) is 5.82 Å². The van der Waals surface area contributed by atoms with Crippen LogP contribution in [-0.4, -0.2) is 164 Å². The summed E-state index contributed by atoms with van der Waals surface area (Å²) in [4.78, 5) is 113. The molecule has 2 aromatic heterocycles. The number of aromatic amines is 1. The van der Waals surface area contributed by atoms with Gasteiger partial charge in [-0.25, -0.2) is 9.59 Å². The fraction of sp³-hybridized carbons (Fsp3) is 0.629. The molecular formula is C70H104N10O16. The van der Waals surface area contributed by atoms with E-state index in [0.29, 0.717) is 125 Å². The molecule has 0 spiro atoms. The van der Waals surface area contributed by atoms with Crippen molar-refractivity contribution in [1.29, 1.82) is 0 Å². The number of amides is 5. The largest absolute Gasteiger partial charge is 0.493 e. The monoisotopic (exact) mass is 1340 g/mol. The summed E-state index contributed by atoms with van der Waals surface area (Å²) in [5.74, 6) is -1.28. The maximum atomic E-state index is 13.6. The molecule has 530 valence electrons. The molecule has 6 rings (SSSR count). The van der Waals surface area contributed by atoms with Gasteiger partial charge in [0.05, 0.1) is 66.4 Å². The van der Waals surface area contributed by atoms with Crippen LogP contribution in [-0.2, 0) is 54.3 Å². The molecule has 2 fully saturated rings. The number of fused-ring (bicyclic) bond motifs is 1. The average molecular weight is 1340 g/mol. The summed E-state index contributed by atoms with van der Waals surface area (Å²) in [6.07, 6.45) is 21.8. The fourth-order valence-electron chi connectivity index (χ4n) is 12.0. The number of nitrogen functional groups attached to an aromatic ring is 1. The first-order chi connectivity index (χ1) is 46.5. The lowest BCUT2D eigenvalue weighted by Crippen LogP contribution is -2.55. The van der Waals surface area contributed by atoms with E-state index in [1.807, 2.05) is 6.92 Å². The summed E-state index contributed by atoms with van der Waals surface area (Å²) in [5, 5.41) is 23.0. The van der Waals surface area contributed by atoms with Gasteiger partial charge in [0.15, 0.2) is 23.0 Å². The normalized spacial score (nSPS) is 14.3. The topological polar surface area (TPSA) is 354 Å². The second kappa shape index (κ2) is 43.2. The number of hydrogen-bond donors (Lipinski definition) is 8. The molecule has 5 amide bonds. The standard InChI is InChI=1S/C70H104N10O16/c1-5-6-38-96-69-78-64(71)63-65(79-69)80(70(89)77-63)47-50-24-28-53(29-25-50)66(86)73-35-17-37-92-42-44-93-43-41-91-36-16-34-72-58(81)23-15-40-94-56-31-26-49(45-57(56)90-4)27-32-59(82)74-46-60(83)76-62(48(2)3)67(87)75-55(30-33-61(84)85)68(88)95-39-14-13-22-54(51-18-9-7-10-19-51)52-20-11-8-12-21-52/h24-29,31-32,45,48,51-52,54-55,62H,5-23,30,33-44,46-47H2,1-4H3,(H,72,81)(H,73,86)(H,74,82)(H,75,87)(H,76,83)(H,77,89)(H,84,85)(H2,71,78,79)/b32-27+/t55-,62+/m1/s1. The number of carboxylic acids is 1. The van der Waals surface area contributed by atoms with Crippen molar-refractivity contribution >= 4 is 64.5 Å². The van der Waals surface area contributed by atoms with Crippen LogP contribution in [0, 0.1) is 23.7 Å². The number of H-pyrrole nitrogens is 1. The Hall–Kier alpha value is -8.10. The van der Waals surface area contributed by atoms with Crippen LogP contribution in [0.25, 0.3) is 17.2 Å². The highest BCUT2D eigenvalue weighted by atomic mass is 16.5. The van der Waals surface area contributed by atoms with Crippen molar-refractivity contribution in [3.8, 4) is 17.5 Å². The number of aromatic nitrogens is 4. The summed E-state index contributed by atoms with van der Waals surface area (Å²) in [6.45, 7) is 9.42. The predicted molar refractivity (Wildman–Crippen MR) is 362 cm³/mol. The zero-order valence-electron chi connectivity index (χ0n) is 56.7. The number of carboxylic acid groups (broad SMARTS) is 1. The Morgan fingerprint density at radius 1 is 0.698 bits per heavy atom. The second-order valence-corrected chi connectivity index (χ2v) is 25.0. The van der Waals surface area contributed by atoms with E-state index in [4.69, 9.17) is 38.9 Å². The molecular weight excluding hydrogens is 1240 g/mol. The zero-order chi connectivity index (χ0) is 68.9. The highest BCUT2D eigenvalue weighted by Crippen LogP contribution is 2.42. The number of anilines is 1. The number of benzene rings is 2. The number of unbranched alkanes of at least 4 members (excludes halogenated alkanes) is 2. The van der Waals surface area contributed by atoms with Gasteiger partial charge in [0.25, 0.3) is 5.91 Å². The third kappa shape index (κ3) is 27.6. The lowest BCUT2D eigenvalue weighted by molar-refractivity contribution is -0.149. The molecule has 2 aliphatic rings. The minimum absolute atomic E-state index is 0.109. The van der Waals surface area contributed by atoms with Crippen molar-refractivity contribution in [3.05, 3.63) is 75.7 Å². The molecule has 2 atom stereocenters. The van der Waals surface area contributed by atoms with Crippen LogP contribution in [0.3, 0.4) is 0 Å². The van der Waals surface area contributed by atoms with E-state index in [-0.39, 0.29) is 68.4 Å². The number of carbonyl (C=O) groups is 7. The molecule has 0 bridgehead atoms. The van der Waals surface area contributed by atoms with E-state index < -0.39 is 54.2 Å². The fourth-order valence-corrected chi connectivity index (χ4v) is 12.0. The number of imidazole rings is 1. The molecule has 96 heavy (non-hydrogen) atoms. The molecule has 26 nitrogen and oxygen atoms in total. The van der Waals surface area contributed by atoms with Crippen molar-refractivity contribution in [1.82, 2.24) is 46.1 Å². The quantitative estimate of drug-likeness (QED) is 0.0120. The number of nitrogens with two attached hydrogens (primary N) is 1. The van der Waals surface area contributed by atoms with Crippen molar-refractivity contribution in [2.24, 2.45) is 23.7 Å². The molecule has 2 aliphatic carbocycles. The summed E-state index contributed by atoms with van der Waals surface area (Å²) >= 11 is 0. The molecule has 0 unspecified atom stereocenters. The van der Waals surface area contributed by atoms with E-state index >= 15 is 0 Å². The van der Waals surface area contributed by atoms with Gasteiger partial charge in [-0.15, -0.1) is 0 Å². The van der Waals surface area contributed by atoms with Crippen molar-refractivity contribution in [2.45, 2.75) is 174 Å². The minimum Gasteiger partial charge on any atom is -0.493 e. The van der Waals surface area contributed by atoms with Crippen molar-refractivity contribution < 1.29 is 71.8 Å². The lowest BCUT2D eigenvalue weighted by Gasteiger charge is -2.38. The van der Waals surface area contributed by atoms with Gasteiger partial charge in [-0.3, -0.25) is 33.3 Å². The van der Waals surface area contributed by atoms with Crippen LogP contribution in [0.1, 0.15) is 177 Å². The first kappa shape index (κ1) is 76.9. The molecule has 9 N–H and O–H groups in total. The summed E-state index contributed by atoms with van der Waals surface area (Å²) in [5.41, 5.74) is 8.23. The van der Waals surface area contributed by atoms with Crippen molar-refractivity contribution in [2.75, 3.05) is 91.9 Å². The van der Waals surface area contributed by atoms with Gasteiger partial charge in [0, 0.05) is 50.8 Å². The summed E-state index contributed by atoms with van der Waals surface area (Å²) < 4.78 is 40.9. The molecule has 4 aromatic rings. The predicted octanol–water partition coefficient (Wildman–Crippen LogP) is 7.58. The number of nitrogens with zero attached hydrogens (tertiary/aromatic N) is 3. The molecule has 2 aromatic carbocycles. The molecule has 2 heterocycles. The number of methoxy groups -OCH3 is 1. The van der Waals surface area contributed by atoms with E-state index in [1.165, 1.54) is 88.0 Å². The number of hydrogen-bond acceptors (Lipinski definition) is 18. The first-order valence-corrected chi connectivity index (χ1v) is 34.5. The third-order valence-corrected chi connectivity index (χ3v) is 17.2. The number of rotatable bonds is 46. The van der Waals surface area contributed by atoms with Crippen LogP contribution >= 0.6 is 0 Å². The van der Waals surface area contributed by atoms with Crippen LogP contribution in [0.2, 0.25) is 0 Å². The average Bonchev–Trinajstić information content (AvgIpc) is 1.65. The Labute approximate surface area is 563 Å².